The second kappa shape index (κ2) is 6.70. The van der Waals surface area contributed by atoms with Crippen LogP contribution in [-0.2, 0) is 21.4 Å². The summed E-state index contributed by atoms with van der Waals surface area (Å²) in [5.74, 6) is 0.502. The summed E-state index contributed by atoms with van der Waals surface area (Å²) in [5.41, 5.74) is 6.74. The molecule has 1 rings (SSSR count). The molecule has 0 radical (unpaired) electrons. The minimum absolute atomic E-state index is 0.0658. The highest BCUT2D eigenvalue weighted by atomic mass is 16.5. The molecule has 0 unspecified atom stereocenters. The molecule has 2 N–H and O–H groups in total. The molecule has 6 heteroatoms. The molecular weight excluding hydrogens is 232 g/mol. The molecule has 0 bridgehead atoms. The summed E-state index contributed by atoms with van der Waals surface area (Å²) < 4.78 is 12.3. The highest BCUT2D eigenvalue weighted by Gasteiger charge is 2.23. The summed E-state index contributed by atoms with van der Waals surface area (Å²) in [6.45, 7) is 8.99. The van der Waals surface area contributed by atoms with E-state index in [4.69, 9.17) is 15.2 Å². The summed E-state index contributed by atoms with van der Waals surface area (Å²) in [5, 5.41) is 7.98. The van der Waals surface area contributed by atoms with E-state index in [1.165, 1.54) is 0 Å². The molecule has 1 aromatic heterocycles. The Labute approximate surface area is 108 Å². The molecule has 0 fully saturated rings. The van der Waals surface area contributed by atoms with Crippen LogP contribution in [0.1, 0.15) is 32.9 Å². The molecule has 0 spiro atoms. The van der Waals surface area contributed by atoms with Crippen molar-refractivity contribution in [3.8, 4) is 0 Å². The summed E-state index contributed by atoms with van der Waals surface area (Å²) in [6, 6.07) is 0. The molecular formula is C12H24N4O2. The van der Waals surface area contributed by atoms with Crippen molar-refractivity contribution < 1.29 is 9.47 Å². The van der Waals surface area contributed by atoms with Gasteiger partial charge in [0.1, 0.15) is 0 Å². The Morgan fingerprint density at radius 2 is 1.94 bits per heavy atom. The molecule has 0 saturated heterocycles. The Morgan fingerprint density at radius 1 is 1.22 bits per heavy atom. The Kier molecular flexibility index (Phi) is 5.55. The van der Waals surface area contributed by atoms with Crippen LogP contribution in [0.5, 0.6) is 0 Å². The minimum Gasteiger partial charge on any atom is -0.385 e. The van der Waals surface area contributed by atoms with Crippen LogP contribution in [0.2, 0.25) is 0 Å². The Balaban J connectivity index is 2.43. The summed E-state index contributed by atoms with van der Waals surface area (Å²) >= 11 is 0. The Morgan fingerprint density at radius 3 is 2.56 bits per heavy atom. The lowest BCUT2D eigenvalue weighted by Gasteiger charge is -2.20. The quantitative estimate of drug-likeness (QED) is 0.742. The summed E-state index contributed by atoms with van der Waals surface area (Å²) in [7, 11) is 1.69. The van der Waals surface area contributed by atoms with E-state index in [2.05, 4.69) is 31.1 Å². The van der Waals surface area contributed by atoms with Crippen molar-refractivity contribution in [1.29, 1.82) is 0 Å². The molecule has 0 aliphatic carbocycles. The maximum atomic E-state index is 5.85. The number of nitrogens with zero attached hydrogens (tertiary/aromatic N) is 3. The van der Waals surface area contributed by atoms with Gasteiger partial charge in [-0.15, -0.1) is 5.10 Å². The molecule has 1 aromatic rings. The van der Waals surface area contributed by atoms with Crippen molar-refractivity contribution in [3.05, 3.63) is 5.69 Å². The van der Waals surface area contributed by atoms with E-state index in [-0.39, 0.29) is 5.41 Å². The highest BCUT2D eigenvalue weighted by molar-refractivity contribution is 5.37. The normalized spacial score (nSPS) is 12.0. The maximum absolute atomic E-state index is 5.85. The molecule has 1 heterocycles. The van der Waals surface area contributed by atoms with Gasteiger partial charge in [-0.05, 0) is 6.42 Å². The number of nitrogen functional groups attached to an aromatic ring is 1. The first-order valence-electron chi connectivity index (χ1n) is 6.23. The van der Waals surface area contributed by atoms with Crippen molar-refractivity contribution in [2.24, 2.45) is 0 Å². The molecule has 18 heavy (non-hydrogen) atoms. The molecule has 104 valence electrons. The van der Waals surface area contributed by atoms with E-state index >= 15 is 0 Å². The predicted octanol–water partition coefficient (Wildman–Crippen LogP) is 1.21. The topological polar surface area (TPSA) is 75.2 Å². The first-order chi connectivity index (χ1) is 8.46. The third kappa shape index (κ3) is 4.27. The van der Waals surface area contributed by atoms with Crippen molar-refractivity contribution in [2.45, 2.75) is 39.2 Å². The van der Waals surface area contributed by atoms with Gasteiger partial charge < -0.3 is 15.2 Å². The van der Waals surface area contributed by atoms with E-state index in [1.807, 2.05) is 4.68 Å². The molecule has 6 nitrogen and oxygen atoms in total. The smallest absolute Gasteiger partial charge is 0.169 e. The van der Waals surface area contributed by atoms with Crippen LogP contribution in [0.4, 0.5) is 5.82 Å². The first kappa shape index (κ1) is 14.9. The van der Waals surface area contributed by atoms with Crippen LogP contribution in [0.3, 0.4) is 0 Å². The van der Waals surface area contributed by atoms with Crippen LogP contribution >= 0.6 is 0 Å². The predicted molar refractivity (Wildman–Crippen MR) is 70.4 cm³/mol. The molecule has 0 atom stereocenters. The summed E-state index contributed by atoms with van der Waals surface area (Å²) in [4.78, 5) is 0. The van der Waals surface area contributed by atoms with Crippen molar-refractivity contribution >= 4 is 5.82 Å². The van der Waals surface area contributed by atoms with Crippen LogP contribution < -0.4 is 5.73 Å². The molecule has 0 aliphatic heterocycles. The maximum Gasteiger partial charge on any atom is 0.169 e. The van der Waals surface area contributed by atoms with E-state index < -0.39 is 0 Å². The van der Waals surface area contributed by atoms with Gasteiger partial charge in [0.15, 0.2) is 5.82 Å². The van der Waals surface area contributed by atoms with Gasteiger partial charge in [-0.25, -0.2) is 4.68 Å². The molecule has 0 aliphatic rings. The third-order valence-electron chi connectivity index (χ3n) is 2.56. The number of anilines is 1. The van der Waals surface area contributed by atoms with Crippen LogP contribution in [0, 0.1) is 0 Å². The first-order valence-corrected chi connectivity index (χ1v) is 6.23. The second-order valence-corrected chi connectivity index (χ2v) is 5.26. The van der Waals surface area contributed by atoms with Crippen LogP contribution in [-0.4, -0.2) is 41.9 Å². The fourth-order valence-corrected chi connectivity index (χ4v) is 1.81. The zero-order valence-corrected chi connectivity index (χ0v) is 11.8. The number of hydrogen-bond acceptors (Lipinski definition) is 5. The molecule has 0 amide bonds. The van der Waals surface area contributed by atoms with Gasteiger partial charge in [-0.1, -0.05) is 26.0 Å². The van der Waals surface area contributed by atoms with Crippen molar-refractivity contribution in [2.75, 3.05) is 32.7 Å². The SMILES string of the molecule is COCCCOCCn1nnc(N)c1C(C)(C)C. The molecule has 0 aromatic carbocycles. The third-order valence-corrected chi connectivity index (χ3v) is 2.56. The number of hydrogen-bond donors (Lipinski definition) is 1. The largest absolute Gasteiger partial charge is 0.385 e. The van der Waals surface area contributed by atoms with Crippen LogP contribution in [0.15, 0.2) is 0 Å². The lowest BCUT2D eigenvalue weighted by molar-refractivity contribution is 0.0950. The van der Waals surface area contributed by atoms with Crippen LogP contribution in [0.25, 0.3) is 0 Å². The molecule has 0 saturated carbocycles. The minimum atomic E-state index is -0.0658. The van der Waals surface area contributed by atoms with Gasteiger partial charge in [0.05, 0.1) is 18.8 Å². The zero-order valence-electron chi connectivity index (χ0n) is 11.8. The number of aromatic nitrogens is 3. The van der Waals surface area contributed by atoms with E-state index in [1.54, 1.807) is 7.11 Å². The number of nitrogens with two attached hydrogens (primary N) is 1. The zero-order chi connectivity index (χ0) is 13.6. The van der Waals surface area contributed by atoms with Gasteiger partial charge in [-0.2, -0.15) is 0 Å². The lowest BCUT2D eigenvalue weighted by Crippen LogP contribution is -2.21. The lowest BCUT2D eigenvalue weighted by atomic mass is 9.92. The Bertz CT molecular complexity index is 357. The van der Waals surface area contributed by atoms with E-state index in [9.17, 15) is 0 Å². The number of methoxy groups -OCH3 is 1. The average Bonchev–Trinajstić information content (AvgIpc) is 2.64. The van der Waals surface area contributed by atoms with Gasteiger partial charge in [0.2, 0.25) is 0 Å². The Hall–Kier alpha value is -1.14. The van der Waals surface area contributed by atoms with Gasteiger partial charge >= 0.3 is 0 Å². The fourth-order valence-electron chi connectivity index (χ4n) is 1.81. The van der Waals surface area contributed by atoms with Crippen molar-refractivity contribution in [1.82, 2.24) is 15.0 Å². The summed E-state index contributed by atoms with van der Waals surface area (Å²) in [6.07, 6.45) is 0.905. The number of ether oxygens (including phenoxy) is 2. The van der Waals surface area contributed by atoms with Gasteiger partial charge in [0, 0.05) is 25.7 Å². The van der Waals surface area contributed by atoms with Gasteiger partial charge in [0.25, 0.3) is 0 Å². The van der Waals surface area contributed by atoms with E-state index in [0.717, 1.165) is 18.7 Å². The van der Waals surface area contributed by atoms with Crippen molar-refractivity contribution in [3.63, 3.8) is 0 Å². The highest BCUT2D eigenvalue weighted by Crippen LogP contribution is 2.25. The van der Waals surface area contributed by atoms with Gasteiger partial charge in [-0.3, -0.25) is 0 Å². The number of rotatable bonds is 7. The standard InChI is InChI=1S/C12H24N4O2/c1-12(2,3)10-11(13)14-15-16(10)6-9-18-8-5-7-17-4/h5-9,13H2,1-4H3. The monoisotopic (exact) mass is 256 g/mol. The van der Waals surface area contributed by atoms with E-state index in [0.29, 0.717) is 25.6 Å². The fraction of sp³-hybridized carbons (Fsp3) is 0.833. The average molecular weight is 256 g/mol. The second-order valence-electron chi connectivity index (χ2n) is 5.26.